The van der Waals surface area contributed by atoms with Crippen molar-refractivity contribution in [3.8, 4) is 23.0 Å². The van der Waals surface area contributed by atoms with Crippen molar-refractivity contribution in [2.75, 3.05) is 31.8 Å². The smallest absolute Gasteiger partial charge is 0.301 e. The summed E-state index contributed by atoms with van der Waals surface area (Å²) in [4.78, 5) is 33.7. The standard InChI is InChI=1S/C33H32N2O7S/c1-5-6-11-40-22-9-7-20(16-24(22)39-4)29-27(30(36)21-8-10-23-25(17-21)42-13-12-41-23)31(37)32(38)35(29)33-34-28-19(3)14-18(2)15-26(28)43-33/h7-10,14-17,29,36H,5-6,11-13H2,1-4H3/b30-27+/t29-/m1/s1. The Balaban J connectivity index is 1.52. The molecular weight excluding hydrogens is 568 g/mol. The molecule has 1 atom stereocenters. The number of thiazole rings is 1. The number of unbranched alkanes of at least 4 members (excludes halogenated alkanes) is 1. The van der Waals surface area contributed by atoms with E-state index in [2.05, 4.69) is 6.92 Å². The number of carbonyl (C=O) groups is 2. The van der Waals surface area contributed by atoms with Gasteiger partial charge in [0.1, 0.15) is 19.0 Å². The van der Waals surface area contributed by atoms with Crippen LogP contribution in [-0.4, -0.2) is 48.7 Å². The van der Waals surface area contributed by atoms with Crippen molar-refractivity contribution < 1.29 is 33.6 Å². The number of Topliss-reactive ketones (excluding diaryl/α,β-unsaturated/α-hetero) is 1. The van der Waals surface area contributed by atoms with Gasteiger partial charge >= 0.3 is 5.91 Å². The first-order valence-electron chi connectivity index (χ1n) is 14.2. The number of nitrogens with zero attached hydrogens (tertiary/aromatic N) is 2. The molecule has 4 aromatic rings. The first-order valence-corrected chi connectivity index (χ1v) is 15.0. The molecule has 9 nitrogen and oxygen atoms in total. The van der Waals surface area contributed by atoms with Crippen molar-refractivity contribution in [2.24, 2.45) is 0 Å². The van der Waals surface area contributed by atoms with Gasteiger partial charge in [0.05, 0.1) is 35.5 Å². The summed E-state index contributed by atoms with van der Waals surface area (Å²) in [7, 11) is 1.54. The lowest BCUT2D eigenvalue weighted by molar-refractivity contribution is -0.132. The van der Waals surface area contributed by atoms with Gasteiger partial charge in [0.2, 0.25) is 0 Å². The molecule has 1 aromatic heterocycles. The molecule has 0 bridgehead atoms. The fourth-order valence-corrected chi connectivity index (χ4v) is 6.62. The first-order chi connectivity index (χ1) is 20.8. The average molecular weight is 601 g/mol. The molecular formula is C33H32N2O7S. The Hall–Kier alpha value is -4.57. The van der Waals surface area contributed by atoms with E-state index in [0.717, 1.165) is 34.2 Å². The van der Waals surface area contributed by atoms with Gasteiger partial charge in [-0.25, -0.2) is 4.98 Å². The second-order valence-electron chi connectivity index (χ2n) is 10.6. The topological polar surface area (TPSA) is 107 Å². The second kappa shape index (κ2) is 11.6. The predicted molar refractivity (Wildman–Crippen MR) is 165 cm³/mol. The predicted octanol–water partition coefficient (Wildman–Crippen LogP) is 6.50. The van der Waals surface area contributed by atoms with Crippen molar-refractivity contribution in [1.29, 1.82) is 0 Å². The second-order valence-corrected chi connectivity index (χ2v) is 11.6. The Labute approximate surface area is 253 Å². The maximum atomic E-state index is 13.8. The summed E-state index contributed by atoms with van der Waals surface area (Å²) < 4.78 is 23.8. The highest BCUT2D eigenvalue weighted by Gasteiger charge is 2.48. The largest absolute Gasteiger partial charge is 0.507 e. The minimum atomic E-state index is -0.978. The number of aryl methyl sites for hydroxylation is 2. The van der Waals surface area contributed by atoms with Gasteiger partial charge in [0, 0.05) is 5.56 Å². The molecule has 0 aliphatic carbocycles. The lowest BCUT2D eigenvalue weighted by Crippen LogP contribution is -2.29. The van der Waals surface area contributed by atoms with Crippen LogP contribution in [0.25, 0.3) is 16.0 Å². The monoisotopic (exact) mass is 600 g/mol. The average Bonchev–Trinajstić information content (AvgIpc) is 3.55. The van der Waals surface area contributed by atoms with Crippen molar-refractivity contribution in [2.45, 2.75) is 39.7 Å². The zero-order valence-corrected chi connectivity index (χ0v) is 25.2. The number of aromatic nitrogens is 1. The summed E-state index contributed by atoms with van der Waals surface area (Å²) in [5, 5.41) is 12.0. The van der Waals surface area contributed by atoms with Gasteiger partial charge in [0.15, 0.2) is 28.1 Å². The van der Waals surface area contributed by atoms with Gasteiger partial charge in [-0.1, -0.05) is 36.8 Å². The fraction of sp³-hybridized carbons (Fsp3) is 0.303. The highest BCUT2D eigenvalue weighted by molar-refractivity contribution is 7.22. The normalized spacial score (nSPS) is 17.5. The Morgan fingerprint density at radius 1 is 1.05 bits per heavy atom. The van der Waals surface area contributed by atoms with Crippen LogP contribution in [0.15, 0.2) is 54.1 Å². The number of ether oxygens (including phenoxy) is 4. The van der Waals surface area contributed by atoms with Gasteiger partial charge < -0.3 is 24.1 Å². The van der Waals surface area contributed by atoms with Gasteiger partial charge in [-0.15, -0.1) is 0 Å². The van der Waals surface area contributed by atoms with Crippen LogP contribution in [0.1, 0.15) is 48.1 Å². The van der Waals surface area contributed by atoms with E-state index in [0.29, 0.717) is 59.1 Å². The molecule has 2 aliphatic rings. The number of amides is 1. The van der Waals surface area contributed by atoms with E-state index < -0.39 is 17.7 Å². The number of aliphatic hydroxyl groups is 1. The first kappa shape index (κ1) is 28.5. The molecule has 6 rings (SSSR count). The summed E-state index contributed by atoms with van der Waals surface area (Å²) in [6, 6.07) is 13.3. The SMILES string of the molecule is CCCCOc1ccc([C@@H]2/C(=C(\O)c3ccc4c(c3)OCCO4)C(=O)C(=O)N2c2nc3c(C)cc(C)cc3s2)cc1OC. The van der Waals surface area contributed by atoms with E-state index in [-0.39, 0.29) is 11.3 Å². The minimum Gasteiger partial charge on any atom is -0.507 e. The van der Waals surface area contributed by atoms with Crippen LogP contribution in [0.3, 0.4) is 0 Å². The number of carbonyl (C=O) groups excluding carboxylic acids is 2. The number of fused-ring (bicyclic) bond motifs is 2. The minimum absolute atomic E-state index is 0.0597. The molecule has 0 spiro atoms. The zero-order chi connectivity index (χ0) is 30.2. The van der Waals surface area contributed by atoms with Crippen LogP contribution in [0.2, 0.25) is 0 Å². The Kier molecular flexibility index (Phi) is 7.70. The fourth-order valence-electron chi connectivity index (χ4n) is 5.45. The molecule has 0 saturated carbocycles. The summed E-state index contributed by atoms with van der Waals surface area (Å²) >= 11 is 1.33. The van der Waals surface area contributed by atoms with Crippen LogP contribution in [0.4, 0.5) is 5.13 Å². The molecule has 1 N–H and O–H groups in total. The molecule has 43 heavy (non-hydrogen) atoms. The number of ketones is 1. The molecule has 3 aromatic carbocycles. The van der Waals surface area contributed by atoms with Crippen molar-refractivity contribution in [1.82, 2.24) is 4.98 Å². The molecule has 0 radical (unpaired) electrons. The number of aliphatic hydroxyl groups excluding tert-OH is 1. The number of anilines is 1. The third-order valence-electron chi connectivity index (χ3n) is 7.54. The number of benzene rings is 3. The highest BCUT2D eigenvalue weighted by Crippen LogP contribution is 2.47. The molecule has 1 saturated heterocycles. The lowest BCUT2D eigenvalue weighted by atomic mass is 9.95. The van der Waals surface area contributed by atoms with Crippen LogP contribution < -0.4 is 23.8 Å². The van der Waals surface area contributed by atoms with Crippen molar-refractivity contribution >= 4 is 44.1 Å². The number of rotatable bonds is 8. The van der Waals surface area contributed by atoms with Gasteiger partial charge in [-0.2, -0.15) is 0 Å². The third kappa shape index (κ3) is 5.16. The molecule has 1 amide bonds. The van der Waals surface area contributed by atoms with E-state index in [4.69, 9.17) is 23.9 Å². The van der Waals surface area contributed by atoms with E-state index in [9.17, 15) is 14.7 Å². The van der Waals surface area contributed by atoms with E-state index in [1.165, 1.54) is 23.3 Å². The number of methoxy groups -OCH3 is 1. The zero-order valence-electron chi connectivity index (χ0n) is 24.4. The summed E-state index contributed by atoms with van der Waals surface area (Å²) in [5.74, 6) is 0.0882. The Morgan fingerprint density at radius 3 is 2.60 bits per heavy atom. The van der Waals surface area contributed by atoms with Crippen LogP contribution in [0.5, 0.6) is 23.0 Å². The molecule has 1 fully saturated rings. The summed E-state index contributed by atoms with van der Waals surface area (Å²) in [6.07, 6.45) is 1.87. The summed E-state index contributed by atoms with van der Waals surface area (Å²) in [6.45, 7) is 7.37. The maximum absolute atomic E-state index is 13.8. The number of hydrogen-bond donors (Lipinski definition) is 1. The van der Waals surface area contributed by atoms with Crippen LogP contribution in [0, 0.1) is 13.8 Å². The number of hydrogen-bond acceptors (Lipinski definition) is 9. The van der Waals surface area contributed by atoms with E-state index in [1.807, 2.05) is 26.0 Å². The van der Waals surface area contributed by atoms with Gasteiger partial charge in [0.25, 0.3) is 5.78 Å². The molecule has 0 unspecified atom stereocenters. The Bertz CT molecular complexity index is 1780. The van der Waals surface area contributed by atoms with Crippen molar-refractivity contribution in [3.63, 3.8) is 0 Å². The quantitative estimate of drug-likeness (QED) is 0.106. The molecule has 222 valence electrons. The molecule has 10 heteroatoms. The maximum Gasteiger partial charge on any atom is 0.301 e. The van der Waals surface area contributed by atoms with Crippen molar-refractivity contribution in [3.05, 3.63) is 76.4 Å². The van der Waals surface area contributed by atoms with Gasteiger partial charge in [-0.3, -0.25) is 14.5 Å². The van der Waals surface area contributed by atoms with Gasteiger partial charge in [-0.05, 0) is 73.4 Å². The Morgan fingerprint density at radius 2 is 1.84 bits per heavy atom. The van der Waals surface area contributed by atoms with Crippen LogP contribution >= 0.6 is 11.3 Å². The third-order valence-corrected chi connectivity index (χ3v) is 8.55. The summed E-state index contributed by atoms with van der Waals surface area (Å²) in [5.41, 5.74) is 3.63. The highest BCUT2D eigenvalue weighted by atomic mass is 32.1. The van der Waals surface area contributed by atoms with E-state index >= 15 is 0 Å². The van der Waals surface area contributed by atoms with E-state index in [1.54, 1.807) is 36.4 Å². The molecule has 2 aliphatic heterocycles. The molecule has 3 heterocycles. The lowest BCUT2D eigenvalue weighted by Gasteiger charge is -2.24. The van der Waals surface area contributed by atoms with Crippen LogP contribution in [-0.2, 0) is 9.59 Å².